The third-order valence-electron chi connectivity index (χ3n) is 4.52. The molecule has 25 heavy (non-hydrogen) atoms. The minimum atomic E-state index is -1.49. The molecule has 3 rings (SSSR count). The van der Waals surface area contributed by atoms with Crippen molar-refractivity contribution < 1.29 is 20.1 Å². The number of aryl methyl sites for hydroxylation is 2. The van der Waals surface area contributed by atoms with Crippen LogP contribution in [0.1, 0.15) is 23.1 Å². The summed E-state index contributed by atoms with van der Waals surface area (Å²) in [5.74, 6) is 0.0124. The van der Waals surface area contributed by atoms with Gasteiger partial charge in [0.1, 0.15) is 17.7 Å². The third kappa shape index (κ3) is 2.78. The number of anilines is 1. The minimum absolute atomic E-state index is 0.0276. The van der Waals surface area contributed by atoms with E-state index in [1.165, 1.54) is 16.8 Å². The van der Waals surface area contributed by atoms with Gasteiger partial charge in [0.15, 0.2) is 5.72 Å². The van der Waals surface area contributed by atoms with Crippen LogP contribution in [0.15, 0.2) is 29.2 Å². The number of aromatic hydroxyl groups is 1. The summed E-state index contributed by atoms with van der Waals surface area (Å²) in [6.45, 7) is 3.16. The lowest BCUT2D eigenvalue weighted by molar-refractivity contribution is -0.0945. The van der Waals surface area contributed by atoms with Crippen LogP contribution in [0.5, 0.6) is 5.75 Å². The van der Waals surface area contributed by atoms with Gasteiger partial charge in [-0.25, -0.2) is 4.79 Å². The lowest BCUT2D eigenvalue weighted by atomic mass is 9.93. The highest BCUT2D eigenvalue weighted by Gasteiger charge is 2.50. The second kappa shape index (κ2) is 6.14. The Morgan fingerprint density at radius 2 is 2.16 bits per heavy atom. The molecule has 0 unspecified atom stereocenters. The quantitative estimate of drug-likeness (QED) is 0.614. The fraction of sp³-hybridized carbons (Fsp3) is 0.412. The predicted octanol–water partition coefficient (Wildman–Crippen LogP) is -0.00886. The molecule has 0 bridgehead atoms. The van der Waals surface area contributed by atoms with E-state index in [0.717, 1.165) is 5.56 Å². The first kappa shape index (κ1) is 17.4. The zero-order valence-corrected chi connectivity index (χ0v) is 14.0. The number of aliphatic hydroxyl groups is 2. The molecule has 5 N–H and O–H groups in total. The second-order valence-corrected chi connectivity index (χ2v) is 6.38. The molecule has 8 nitrogen and oxygen atoms in total. The van der Waals surface area contributed by atoms with Crippen molar-refractivity contribution in [2.45, 2.75) is 38.2 Å². The minimum Gasteiger partial charge on any atom is -0.507 e. The summed E-state index contributed by atoms with van der Waals surface area (Å²) in [4.78, 5) is 16.2. The van der Waals surface area contributed by atoms with Gasteiger partial charge < -0.3 is 25.8 Å². The van der Waals surface area contributed by atoms with Crippen LogP contribution < -0.4 is 11.4 Å². The second-order valence-electron chi connectivity index (χ2n) is 6.38. The molecule has 0 spiro atoms. The number of rotatable bonds is 3. The van der Waals surface area contributed by atoms with Gasteiger partial charge in [-0.2, -0.15) is 4.98 Å². The van der Waals surface area contributed by atoms with Crippen molar-refractivity contribution in [3.05, 3.63) is 51.6 Å². The maximum Gasteiger partial charge on any atom is 0.352 e. The summed E-state index contributed by atoms with van der Waals surface area (Å²) in [6, 6.07) is 4.92. The lowest BCUT2D eigenvalue weighted by Gasteiger charge is -2.32. The highest BCUT2D eigenvalue weighted by Crippen LogP contribution is 2.44. The van der Waals surface area contributed by atoms with Gasteiger partial charge in [-0.3, -0.25) is 4.57 Å². The van der Waals surface area contributed by atoms with Crippen LogP contribution in [-0.2, 0) is 10.5 Å². The zero-order valence-electron chi connectivity index (χ0n) is 14.0. The average Bonchev–Trinajstić information content (AvgIpc) is 2.88. The monoisotopic (exact) mass is 347 g/mol. The number of hydrogen-bond donors (Lipinski definition) is 4. The van der Waals surface area contributed by atoms with Crippen LogP contribution in [0.3, 0.4) is 0 Å². The third-order valence-corrected chi connectivity index (χ3v) is 4.52. The maximum absolute atomic E-state index is 12.5. The summed E-state index contributed by atoms with van der Waals surface area (Å²) < 4.78 is 7.11. The molecule has 3 atom stereocenters. The van der Waals surface area contributed by atoms with Crippen LogP contribution in [0.2, 0.25) is 0 Å². The Bertz CT molecular complexity index is 866. The molecule has 1 aromatic heterocycles. The Labute approximate surface area is 144 Å². The molecule has 1 aliphatic heterocycles. The Hall–Kier alpha value is -2.42. The molecule has 1 aliphatic rings. The molecule has 1 saturated heterocycles. The van der Waals surface area contributed by atoms with Gasteiger partial charge in [0, 0.05) is 18.2 Å². The molecule has 0 amide bonds. The largest absolute Gasteiger partial charge is 0.507 e. The zero-order chi connectivity index (χ0) is 18.4. The molecular weight excluding hydrogens is 326 g/mol. The van der Waals surface area contributed by atoms with E-state index in [2.05, 4.69) is 4.98 Å². The number of ether oxygens (including phenoxy) is 1. The van der Waals surface area contributed by atoms with Crippen LogP contribution in [0.4, 0.5) is 5.82 Å². The Morgan fingerprint density at radius 3 is 2.76 bits per heavy atom. The number of hydrogen-bond acceptors (Lipinski definition) is 7. The van der Waals surface area contributed by atoms with Gasteiger partial charge in [-0.1, -0.05) is 11.6 Å². The number of aromatic nitrogens is 2. The first-order valence-corrected chi connectivity index (χ1v) is 7.91. The maximum atomic E-state index is 12.5. The van der Waals surface area contributed by atoms with E-state index in [1.54, 1.807) is 19.1 Å². The molecule has 2 heterocycles. The van der Waals surface area contributed by atoms with E-state index in [1.807, 2.05) is 6.92 Å². The van der Waals surface area contributed by atoms with Crippen LogP contribution >= 0.6 is 0 Å². The van der Waals surface area contributed by atoms with Crippen molar-refractivity contribution in [1.82, 2.24) is 9.55 Å². The van der Waals surface area contributed by atoms with E-state index in [9.17, 15) is 20.1 Å². The summed E-state index contributed by atoms with van der Waals surface area (Å²) in [7, 11) is 0. The Kier molecular flexibility index (Phi) is 4.28. The number of nitrogens with two attached hydrogens (primary N) is 1. The van der Waals surface area contributed by atoms with Crippen LogP contribution in [0, 0.1) is 13.8 Å². The lowest BCUT2D eigenvalue weighted by Crippen LogP contribution is -2.43. The molecule has 0 aliphatic carbocycles. The normalized spacial score (nSPS) is 26.1. The molecule has 0 saturated carbocycles. The van der Waals surface area contributed by atoms with E-state index < -0.39 is 30.2 Å². The molecule has 8 heteroatoms. The van der Waals surface area contributed by atoms with Gasteiger partial charge in [0.25, 0.3) is 0 Å². The van der Waals surface area contributed by atoms with Crippen molar-refractivity contribution in [3.63, 3.8) is 0 Å². The van der Waals surface area contributed by atoms with E-state index in [-0.39, 0.29) is 18.0 Å². The highest BCUT2D eigenvalue weighted by atomic mass is 16.6. The van der Waals surface area contributed by atoms with Crippen molar-refractivity contribution in [3.8, 4) is 5.75 Å². The van der Waals surface area contributed by atoms with Crippen molar-refractivity contribution >= 4 is 5.82 Å². The molecule has 0 radical (unpaired) electrons. The number of phenols is 1. The van der Waals surface area contributed by atoms with Crippen LogP contribution in [-0.4, -0.2) is 43.7 Å². The van der Waals surface area contributed by atoms with Gasteiger partial charge in [0.05, 0.1) is 12.7 Å². The highest BCUT2D eigenvalue weighted by molar-refractivity contribution is 5.47. The topological polar surface area (TPSA) is 131 Å². The number of phenolic OH excluding ortho intramolecular Hbond substituents is 1. The number of nitrogens with zero attached hydrogens (tertiary/aromatic N) is 2. The Balaban J connectivity index is 2.30. The fourth-order valence-electron chi connectivity index (χ4n) is 3.36. The molecule has 1 fully saturated rings. The summed E-state index contributed by atoms with van der Waals surface area (Å²) in [5.41, 5.74) is 5.18. The first-order valence-electron chi connectivity index (χ1n) is 7.91. The van der Waals surface area contributed by atoms with Crippen molar-refractivity contribution in [2.24, 2.45) is 0 Å². The smallest absolute Gasteiger partial charge is 0.352 e. The summed E-state index contributed by atoms with van der Waals surface area (Å²) in [5, 5.41) is 30.4. The number of aliphatic hydroxyl groups excluding tert-OH is 2. The number of nitrogen functional groups attached to an aromatic ring is 1. The average molecular weight is 347 g/mol. The van der Waals surface area contributed by atoms with E-state index in [0.29, 0.717) is 11.1 Å². The van der Waals surface area contributed by atoms with Crippen molar-refractivity contribution in [1.29, 1.82) is 0 Å². The SMILES string of the molecule is Cc1cc(C)c(O)c([C@]2(n3ccc(N)nc3=O)C[C@H](O)[C@@H](CO)O2)c1. The first-order chi connectivity index (χ1) is 11.8. The summed E-state index contributed by atoms with van der Waals surface area (Å²) >= 11 is 0. The van der Waals surface area contributed by atoms with Gasteiger partial charge >= 0.3 is 5.69 Å². The fourth-order valence-corrected chi connectivity index (χ4v) is 3.36. The molecule has 1 aromatic carbocycles. The van der Waals surface area contributed by atoms with Gasteiger partial charge in [0.2, 0.25) is 0 Å². The Morgan fingerprint density at radius 1 is 1.44 bits per heavy atom. The van der Waals surface area contributed by atoms with E-state index in [4.69, 9.17) is 10.5 Å². The van der Waals surface area contributed by atoms with Gasteiger partial charge in [-0.15, -0.1) is 0 Å². The molecule has 2 aromatic rings. The standard InChI is InChI=1S/C17H21N3O5/c1-9-5-10(2)15(23)11(6-9)17(7-12(22)13(8-21)25-17)20-4-3-14(18)19-16(20)24/h3-6,12-13,21-23H,7-8H2,1-2H3,(H2,18,19,24)/t12-,13+,17-/m0/s1. The summed E-state index contributed by atoms with van der Waals surface area (Å²) in [6.07, 6.45) is -0.534. The molecular formula is C17H21N3O5. The predicted molar refractivity (Wildman–Crippen MR) is 90.1 cm³/mol. The van der Waals surface area contributed by atoms with Crippen molar-refractivity contribution in [2.75, 3.05) is 12.3 Å². The van der Waals surface area contributed by atoms with E-state index >= 15 is 0 Å². The molecule has 134 valence electrons. The van der Waals surface area contributed by atoms with Gasteiger partial charge in [-0.05, 0) is 31.5 Å². The number of benzene rings is 1. The van der Waals surface area contributed by atoms with Crippen LogP contribution in [0.25, 0.3) is 0 Å².